The van der Waals surface area contributed by atoms with Gasteiger partial charge in [-0.25, -0.2) is 4.79 Å². The van der Waals surface area contributed by atoms with Gasteiger partial charge in [-0.05, 0) is 56.1 Å². The number of likely N-dealkylation sites (tertiary alicyclic amines) is 1. The minimum Gasteiger partial charge on any atom is -0.349 e. The van der Waals surface area contributed by atoms with Gasteiger partial charge in [-0.2, -0.15) is 0 Å². The van der Waals surface area contributed by atoms with Gasteiger partial charge < -0.3 is 15.3 Å². The summed E-state index contributed by atoms with van der Waals surface area (Å²) < 4.78 is 0. The first-order chi connectivity index (χ1) is 13.6. The highest BCUT2D eigenvalue weighted by atomic mass is 16.2. The van der Waals surface area contributed by atoms with Crippen molar-refractivity contribution in [3.05, 3.63) is 70.1 Å². The maximum absolute atomic E-state index is 12.7. The molecule has 3 aromatic rings. The highest BCUT2D eigenvalue weighted by Crippen LogP contribution is 2.22. The van der Waals surface area contributed by atoms with Crippen molar-refractivity contribution in [2.45, 2.75) is 32.4 Å². The van der Waals surface area contributed by atoms with Crippen LogP contribution in [-0.4, -0.2) is 33.9 Å². The van der Waals surface area contributed by atoms with Crippen LogP contribution in [0.15, 0.2) is 53.3 Å². The number of aromatic amines is 2. The van der Waals surface area contributed by atoms with Gasteiger partial charge >= 0.3 is 5.69 Å². The number of amides is 1. The number of piperidine rings is 1. The van der Waals surface area contributed by atoms with Crippen molar-refractivity contribution in [3.63, 3.8) is 0 Å². The number of imidazole rings is 1. The molecule has 1 fully saturated rings. The molecule has 1 amide bonds. The Hall–Kier alpha value is -2.86. The van der Waals surface area contributed by atoms with Gasteiger partial charge in [0.2, 0.25) is 5.91 Å². The van der Waals surface area contributed by atoms with Gasteiger partial charge in [0.25, 0.3) is 0 Å². The minimum absolute atomic E-state index is 0.0604. The number of aromatic nitrogens is 2. The van der Waals surface area contributed by atoms with E-state index in [0.717, 1.165) is 49.1 Å². The fourth-order valence-corrected chi connectivity index (χ4v) is 3.93. The van der Waals surface area contributed by atoms with Gasteiger partial charge in [0, 0.05) is 12.5 Å². The van der Waals surface area contributed by atoms with E-state index in [9.17, 15) is 9.59 Å². The lowest BCUT2D eigenvalue weighted by atomic mass is 9.95. The van der Waals surface area contributed by atoms with Crippen LogP contribution in [0.5, 0.6) is 0 Å². The highest BCUT2D eigenvalue weighted by molar-refractivity contribution is 5.80. The molecule has 6 nitrogen and oxygen atoms in total. The minimum atomic E-state index is -0.217. The number of carbonyl (C=O) groups excluding carboxylic acids is 1. The van der Waals surface area contributed by atoms with Crippen LogP contribution in [0.3, 0.4) is 0 Å². The average molecular weight is 378 g/mol. The lowest BCUT2D eigenvalue weighted by molar-refractivity contribution is -0.127. The molecule has 1 aliphatic rings. The summed E-state index contributed by atoms with van der Waals surface area (Å²) >= 11 is 0. The van der Waals surface area contributed by atoms with Crippen molar-refractivity contribution in [1.82, 2.24) is 20.2 Å². The molecule has 4 rings (SSSR count). The maximum Gasteiger partial charge on any atom is 0.323 e. The Labute approximate surface area is 164 Å². The summed E-state index contributed by atoms with van der Waals surface area (Å²) in [5.74, 6) is 0.180. The molecular formula is C22H26N4O2. The fraction of sp³-hybridized carbons (Fsp3) is 0.364. The fourth-order valence-electron chi connectivity index (χ4n) is 3.93. The predicted octanol–water partition coefficient (Wildman–Crippen LogP) is 2.95. The molecule has 1 unspecified atom stereocenters. The summed E-state index contributed by atoms with van der Waals surface area (Å²) in [5, 5.41) is 3.14. The second-order valence-electron chi connectivity index (χ2n) is 7.65. The Morgan fingerprint density at radius 2 is 1.82 bits per heavy atom. The van der Waals surface area contributed by atoms with Crippen LogP contribution in [0.1, 0.15) is 36.9 Å². The third kappa shape index (κ3) is 4.17. The molecule has 0 bridgehead atoms. The molecular weight excluding hydrogens is 352 g/mol. The van der Waals surface area contributed by atoms with Crippen molar-refractivity contribution in [3.8, 4) is 0 Å². The van der Waals surface area contributed by atoms with Crippen molar-refractivity contribution < 1.29 is 4.79 Å². The number of hydrogen-bond donors (Lipinski definition) is 3. The number of nitrogens with zero attached hydrogens (tertiary/aromatic N) is 1. The number of nitrogens with one attached hydrogen (secondary N) is 3. The largest absolute Gasteiger partial charge is 0.349 e. The molecule has 1 aliphatic heterocycles. The third-order valence-corrected chi connectivity index (χ3v) is 5.61. The number of hydrogen-bond acceptors (Lipinski definition) is 3. The molecule has 0 radical (unpaired) electrons. The number of carbonyl (C=O) groups is 1. The number of benzene rings is 2. The van der Waals surface area contributed by atoms with Gasteiger partial charge in [0.15, 0.2) is 0 Å². The first kappa shape index (κ1) is 18.5. The van der Waals surface area contributed by atoms with E-state index in [1.54, 1.807) is 0 Å². The monoisotopic (exact) mass is 378 g/mol. The molecule has 0 spiro atoms. The maximum atomic E-state index is 12.7. The van der Waals surface area contributed by atoms with Crippen LogP contribution in [0.25, 0.3) is 11.0 Å². The van der Waals surface area contributed by atoms with Gasteiger partial charge in [-0.3, -0.25) is 9.69 Å². The van der Waals surface area contributed by atoms with Gasteiger partial charge in [0.05, 0.1) is 17.1 Å². The van der Waals surface area contributed by atoms with Crippen molar-refractivity contribution >= 4 is 16.9 Å². The first-order valence-corrected chi connectivity index (χ1v) is 9.87. The molecule has 3 N–H and O–H groups in total. The third-order valence-electron chi connectivity index (χ3n) is 5.61. The zero-order chi connectivity index (χ0) is 19.5. The first-order valence-electron chi connectivity index (χ1n) is 9.87. The standard InChI is InChI=1S/C22H26N4O2/c1-15(18-7-8-19-20(13-18)25-22(28)24-19)23-21(27)17-9-11-26(12-10-17)14-16-5-3-2-4-6-16/h2-8,13,15,17H,9-12,14H2,1H3,(H,23,27)(H2,24,25,28). The van der Waals surface area contributed by atoms with Crippen LogP contribution in [0.4, 0.5) is 0 Å². The molecule has 146 valence electrons. The van der Waals surface area contributed by atoms with E-state index < -0.39 is 0 Å². The molecule has 2 heterocycles. The SMILES string of the molecule is CC(NC(=O)C1CCN(Cc2ccccc2)CC1)c1ccc2[nH]c(=O)[nH]c2c1. The van der Waals surface area contributed by atoms with Crippen LogP contribution >= 0.6 is 0 Å². The summed E-state index contributed by atoms with van der Waals surface area (Å²) in [5.41, 5.74) is 3.62. The van der Waals surface area contributed by atoms with Crippen LogP contribution in [0, 0.1) is 5.92 Å². The van der Waals surface area contributed by atoms with E-state index >= 15 is 0 Å². The normalized spacial score (nSPS) is 16.9. The van der Waals surface area contributed by atoms with Crippen molar-refractivity contribution in [2.24, 2.45) is 5.92 Å². The Bertz CT molecular complexity index is 1000. The Morgan fingerprint density at radius 1 is 1.11 bits per heavy atom. The molecule has 28 heavy (non-hydrogen) atoms. The summed E-state index contributed by atoms with van der Waals surface area (Å²) in [6, 6.07) is 16.1. The summed E-state index contributed by atoms with van der Waals surface area (Å²) in [7, 11) is 0. The van der Waals surface area contributed by atoms with Crippen LogP contribution in [-0.2, 0) is 11.3 Å². The lowest BCUT2D eigenvalue weighted by Gasteiger charge is -2.32. The van der Waals surface area contributed by atoms with Crippen molar-refractivity contribution in [1.29, 1.82) is 0 Å². The molecule has 1 aromatic heterocycles. The zero-order valence-electron chi connectivity index (χ0n) is 16.1. The summed E-state index contributed by atoms with van der Waals surface area (Å²) in [4.78, 5) is 32.0. The van der Waals surface area contributed by atoms with E-state index in [0.29, 0.717) is 0 Å². The highest BCUT2D eigenvalue weighted by Gasteiger charge is 2.26. The Kier molecular flexibility index (Phi) is 5.30. The summed E-state index contributed by atoms with van der Waals surface area (Å²) in [6.45, 7) is 4.81. The lowest BCUT2D eigenvalue weighted by Crippen LogP contribution is -2.40. The second kappa shape index (κ2) is 8.02. The molecule has 1 saturated heterocycles. The summed E-state index contributed by atoms with van der Waals surface area (Å²) in [6.07, 6.45) is 1.77. The molecule has 0 aliphatic carbocycles. The molecule has 1 atom stereocenters. The molecule has 6 heteroatoms. The molecule has 2 aromatic carbocycles. The Morgan fingerprint density at radius 3 is 2.57 bits per heavy atom. The van der Waals surface area contributed by atoms with E-state index in [-0.39, 0.29) is 23.6 Å². The van der Waals surface area contributed by atoms with Gasteiger partial charge in [0.1, 0.15) is 0 Å². The van der Waals surface area contributed by atoms with Crippen molar-refractivity contribution in [2.75, 3.05) is 13.1 Å². The van der Waals surface area contributed by atoms with E-state index in [1.807, 2.05) is 31.2 Å². The van der Waals surface area contributed by atoms with Crippen LogP contribution in [0.2, 0.25) is 0 Å². The number of fused-ring (bicyclic) bond motifs is 1. The van der Waals surface area contributed by atoms with Gasteiger partial charge in [-0.1, -0.05) is 36.4 Å². The van der Waals surface area contributed by atoms with E-state index in [4.69, 9.17) is 0 Å². The average Bonchev–Trinajstić information content (AvgIpc) is 3.08. The molecule has 0 saturated carbocycles. The van der Waals surface area contributed by atoms with Crippen LogP contribution < -0.4 is 11.0 Å². The smallest absolute Gasteiger partial charge is 0.323 e. The predicted molar refractivity (Wildman–Crippen MR) is 110 cm³/mol. The zero-order valence-corrected chi connectivity index (χ0v) is 16.1. The quantitative estimate of drug-likeness (QED) is 0.638. The second-order valence-corrected chi connectivity index (χ2v) is 7.65. The number of H-pyrrole nitrogens is 2. The Balaban J connectivity index is 1.31. The van der Waals surface area contributed by atoms with E-state index in [1.165, 1.54) is 5.56 Å². The number of rotatable bonds is 5. The van der Waals surface area contributed by atoms with E-state index in [2.05, 4.69) is 44.5 Å². The topological polar surface area (TPSA) is 81.0 Å². The van der Waals surface area contributed by atoms with Gasteiger partial charge in [-0.15, -0.1) is 0 Å².